The number of benzene rings is 3. The van der Waals surface area contributed by atoms with Crippen LogP contribution >= 0.6 is 12.2 Å². The maximum atomic E-state index is 13.0. The van der Waals surface area contributed by atoms with Gasteiger partial charge in [0, 0.05) is 5.69 Å². The van der Waals surface area contributed by atoms with Crippen LogP contribution in [0.25, 0.3) is 0 Å². The van der Waals surface area contributed by atoms with E-state index in [1.54, 1.807) is 18.3 Å². The zero-order valence-electron chi connectivity index (χ0n) is 16.5. The van der Waals surface area contributed by atoms with Crippen molar-refractivity contribution in [3.63, 3.8) is 0 Å². The van der Waals surface area contributed by atoms with Crippen molar-refractivity contribution in [1.29, 1.82) is 0 Å². The highest BCUT2D eigenvalue weighted by atomic mass is 32.1. The summed E-state index contributed by atoms with van der Waals surface area (Å²) in [5.74, 6) is 0.936. The van der Waals surface area contributed by atoms with E-state index < -0.39 is 0 Å². The van der Waals surface area contributed by atoms with Gasteiger partial charge in [-0.1, -0.05) is 30.3 Å². The molecule has 0 saturated heterocycles. The van der Waals surface area contributed by atoms with Crippen LogP contribution in [0.15, 0.2) is 77.9 Å². The number of para-hydroxylation sites is 1. The number of rotatable bonds is 8. The fraction of sp³-hybridized carbons (Fsp3) is 0.130. The molecule has 7 heteroatoms. The molecule has 0 aliphatic carbocycles. The first-order valence-corrected chi connectivity index (χ1v) is 9.84. The first kappa shape index (κ1) is 21.3. The van der Waals surface area contributed by atoms with Crippen LogP contribution in [-0.2, 0) is 6.61 Å². The van der Waals surface area contributed by atoms with Crippen molar-refractivity contribution >= 4 is 29.2 Å². The maximum absolute atomic E-state index is 13.0. The molecule has 0 fully saturated rings. The Morgan fingerprint density at radius 1 is 1.00 bits per heavy atom. The van der Waals surface area contributed by atoms with Crippen molar-refractivity contribution in [2.24, 2.45) is 5.10 Å². The third kappa shape index (κ3) is 6.56. The van der Waals surface area contributed by atoms with Crippen LogP contribution < -0.4 is 20.2 Å². The first-order valence-electron chi connectivity index (χ1n) is 9.43. The third-order valence-electron chi connectivity index (χ3n) is 3.99. The molecule has 0 bridgehead atoms. The molecule has 5 nitrogen and oxygen atoms in total. The fourth-order valence-electron chi connectivity index (χ4n) is 2.58. The molecule has 0 atom stereocenters. The quantitative estimate of drug-likeness (QED) is 0.299. The third-order valence-corrected chi connectivity index (χ3v) is 4.18. The lowest BCUT2D eigenvalue weighted by Gasteiger charge is -2.12. The summed E-state index contributed by atoms with van der Waals surface area (Å²) in [4.78, 5) is 0. The Kier molecular flexibility index (Phi) is 7.74. The van der Waals surface area contributed by atoms with E-state index in [0.717, 1.165) is 16.8 Å². The van der Waals surface area contributed by atoms with E-state index in [4.69, 9.17) is 21.7 Å². The second-order valence-corrected chi connectivity index (χ2v) is 6.65. The maximum Gasteiger partial charge on any atom is 0.191 e. The predicted octanol–water partition coefficient (Wildman–Crippen LogP) is 5.12. The van der Waals surface area contributed by atoms with Gasteiger partial charge in [-0.05, 0) is 72.7 Å². The molecule has 0 heterocycles. The molecule has 2 N–H and O–H groups in total. The van der Waals surface area contributed by atoms with Crippen LogP contribution in [0.1, 0.15) is 18.1 Å². The number of thiocarbonyl (C=S) groups is 1. The summed E-state index contributed by atoms with van der Waals surface area (Å²) in [6.07, 6.45) is 1.64. The summed E-state index contributed by atoms with van der Waals surface area (Å²) < 4.78 is 24.6. The van der Waals surface area contributed by atoms with Crippen LogP contribution in [0.4, 0.5) is 10.1 Å². The van der Waals surface area contributed by atoms with Gasteiger partial charge in [0.05, 0.1) is 12.8 Å². The molecule has 154 valence electrons. The number of halogens is 1. The number of nitrogens with zero attached hydrogens (tertiary/aromatic N) is 1. The summed E-state index contributed by atoms with van der Waals surface area (Å²) in [6, 6.07) is 21.3. The van der Waals surface area contributed by atoms with Gasteiger partial charge in [-0.25, -0.2) is 4.39 Å². The van der Waals surface area contributed by atoms with Gasteiger partial charge in [0.15, 0.2) is 16.6 Å². The molecule has 3 aromatic rings. The van der Waals surface area contributed by atoms with E-state index in [1.807, 2.05) is 55.5 Å². The highest BCUT2D eigenvalue weighted by molar-refractivity contribution is 7.80. The molecule has 0 aliphatic heterocycles. The SMILES string of the molecule is CCOc1cc(/C=N\NC(=S)Nc2ccccc2)ccc1OCc1ccc(F)cc1. The van der Waals surface area contributed by atoms with Gasteiger partial charge < -0.3 is 14.8 Å². The summed E-state index contributed by atoms with van der Waals surface area (Å²) in [5, 5.41) is 7.59. The van der Waals surface area contributed by atoms with Crippen LogP contribution in [0.3, 0.4) is 0 Å². The second-order valence-electron chi connectivity index (χ2n) is 6.24. The highest BCUT2D eigenvalue weighted by Gasteiger charge is 2.07. The number of hydrazone groups is 1. The van der Waals surface area contributed by atoms with Gasteiger partial charge in [-0.3, -0.25) is 5.43 Å². The van der Waals surface area contributed by atoms with Gasteiger partial charge in [0.25, 0.3) is 0 Å². The molecular formula is C23H22FN3O2S. The lowest BCUT2D eigenvalue weighted by atomic mass is 10.2. The highest BCUT2D eigenvalue weighted by Crippen LogP contribution is 2.29. The molecule has 30 heavy (non-hydrogen) atoms. The minimum absolute atomic E-state index is 0.274. The molecule has 3 aromatic carbocycles. The largest absolute Gasteiger partial charge is 0.490 e. The van der Waals surface area contributed by atoms with Crippen LogP contribution in [0.2, 0.25) is 0 Å². The van der Waals surface area contributed by atoms with E-state index >= 15 is 0 Å². The normalized spacial score (nSPS) is 10.6. The Morgan fingerprint density at radius 2 is 1.77 bits per heavy atom. The van der Waals surface area contributed by atoms with Gasteiger partial charge in [0.1, 0.15) is 12.4 Å². The molecule has 0 spiro atoms. The minimum atomic E-state index is -0.274. The lowest BCUT2D eigenvalue weighted by molar-refractivity contribution is 0.269. The molecular weight excluding hydrogens is 401 g/mol. The molecule has 3 rings (SSSR count). The molecule has 0 amide bonds. The Labute approximate surface area is 180 Å². The fourth-order valence-corrected chi connectivity index (χ4v) is 2.75. The van der Waals surface area contributed by atoms with Crippen LogP contribution in [0, 0.1) is 5.82 Å². The molecule has 0 aliphatic rings. The number of ether oxygens (including phenoxy) is 2. The summed E-state index contributed by atoms with van der Waals surface area (Å²) in [7, 11) is 0. The predicted molar refractivity (Wildman–Crippen MR) is 122 cm³/mol. The average molecular weight is 424 g/mol. The van der Waals surface area contributed by atoms with Gasteiger partial charge >= 0.3 is 0 Å². The second kappa shape index (κ2) is 10.9. The topological polar surface area (TPSA) is 54.9 Å². The van der Waals surface area contributed by atoms with Crippen molar-refractivity contribution in [3.8, 4) is 11.5 Å². The van der Waals surface area contributed by atoms with E-state index in [9.17, 15) is 4.39 Å². The molecule has 0 radical (unpaired) electrons. The van der Waals surface area contributed by atoms with E-state index in [1.165, 1.54) is 12.1 Å². The van der Waals surface area contributed by atoms with Crippen LogP contribution in [-0.4, -0.2) is 17.9 Å². The monoisotopic (exact) mass is 423 g/mol. The Bertz CT molecular complexity index is 995. The minimum Gasteiger partial charge on any atom is -0.490 e. The van der Waals surface area contributed by atoms with Gasteiger partial charge in [-0.15, -0.1) is 0 Å². The molecule has 0 aromatic heterocycles. The van der Waals surface area contributed by atoms with Gasteiger partial charge in [0.2, 0.25) is 0 Å². The van der Waals surface area contributed by atoms with Crippen LogP contribution in [0.5, 0.6) is 11.5 Å². The van der Waals surface area contributed by atoms with Crippen molar-refractivity contribution in [3.05, 3.63) is 89.7 Å². The van der Waals surface area contributed by atoms with E-state index in [0.29, 0.717) is 29.8 Å². The van der Waals surface area contributed by atoms with Crippen molar-refractivity contribution < 1.29 is 13.9 Å². The number of nitrogens with one attached hydrogen (secondary N) is 2. The van der Waals surface area contributed by atoms with E-state index in [-0.39, 0.29) is 5.82 Å². The van der Waals surface area contributed by atoms with E-state index in [2.05, 4.69) is 15.8 Å². The molecule has 0 saturated carbocycles. The van der Waals surface area contributed by atoms with Crippen molar-refractivity contribution in [1.82, 2.24) is 5.43 Å². The summed E-state index contributed by atoms with van der Waals surface area (Å²) >= 11 is 5.22. The Hall–Kier alpha value is -3.45. The van der Waals surface area contributed by atoms with Gasteiger partial charge in [-0.2, -0.15) is 5.10 Å². The summed E-state index contributed by atoms with van der Waals surface area (Å²) in [6.45, 7) is 2.71. The number of anilines is 1. The standard InChI is InChI=1S/C23H22FN3O2S/c1-2-28-22-14-18(15-25-27-23(30)26-20-6-4-3-5-7-20)10-13-21(22)29-16-17-8-11-19(24)12-9-17/h3-15H,2,16H2,1H3,(H2,26,27,30)/b25-15-. The first-order chi connectivity index (χ1) is 14.6. The smallest absolute Gasteiger partial charge is 0.191 e. The number of hydrogen-bond acceptors (Lipinski definition) is 4. The average Bonchev–Trinajstić information content (AvgIpc) is 2.75. The zero-order chi connectivity index (χ0) is 21.2. The number of hydrogen-bond donors (Lipinski definition) is 2. The zero-order valence-corrected chi connectivity index (χ0v) is 17.3. The van der Waals surface area contributed by atoms with Crippen molar-refractivity contribution in [2.75, 3.05) is 11.9 Å². The summed E-state index contributed by atoms with van der Waals surface area (Å²) in [5.41, 5.74) is 5.36. The molecule has 0 unspecified atom stereocenters. The Morgan fingerprint density at radius 3 is 2.50 bits per heavy atom. The lowest BCUT2D eigenvalue weighted by Crippen LogP contribution is -2.23. The van der Waals surface area contributed by atoms with Crippen molar-refractivity contribution in [2.45, 2.75) is 13.5 Å². The Balaban J connectivity index is 1.60.